The maximum absolute atomic E-state index is 6.36. The number of aromatic nitrogens is 2. The predicted octanol–water partition coefficient (Wildman–Crippen LogP) is 2.20. The molecule has 18 heavy (non-hydrogen) atoms. The van der Waals surface area contributed by atoms with Crippen LogP contribution in [0.4, 0.5) is 0 Å². The SMILES string of the molecule is CCc1nnc(COCC2(N)CCCCCC2)o1. The standard InChI is InChI=1S/C13H23N3O2/c1-2-11-15-16-12(18-11)9-17-10-13(14)7-5-3-4-6-8-13/h2-10,14H2,1H3. The smallest absolute Gasteiger partial charge is 0.242 e. The lowest BCUT2D eigenvalue weighted by Crippen LogP contribution is -2.43. The van der Waals surface area contributed by atoms with Crippen molar-refractivity contribution in [2.45, 2.75) is 64.0 Å². The first kappa shape index (κ1) is 13.5. The molecule has 2 N–H and O–H groups in total. The Morgan fingerprint density at radius 1 is 1.17 bits per heavy atom. The molecule has 0 spiro atoms. The Morgan fingerprint density at radius 3 is 2.44 bits per heavy atom. The monoisotopic (exact) mass is 253 g/mol. The van der Waals surface area contributed by atoms with Gasteiger partial charge in [-0.05, 0) is 12.8 Å². The highest BCUT2D eigenvalue weighted by Gasteiger charge is 2.26. The molecule has 0 aromatic carbocycles. The summed E-state index contributed by atoms with van der Waals surface area (Å²) < 4.78 is 11.0. The van der Waals surface area contributed by atoms with Crippen molar-refractivity contribution >= 4 is 0 Å². The lowest BCUT2D eigenvalue weighted by Gasteiger charge is -2.27. The Balaban J connectivity index is 1.76. The third-order valence-corrected chi connectivity index (χ3v) is 3.53. The van der Waals surface area contributed by atoms with E-state index in [1.807, 2.05) is 6.92 Å². The second kappa shape index (κ2) is 6.29. The van der Waals surface area contributed by atoms with Crippen LogP contribution in [0.5, 0.6) is 0 Å². The number of ether oxygens (including phenoxy) is 1. The van der Waals surface area contributed by atoms with Crippen molar-refractivity contribution in [3.8, 4) is 0 Å². The molecular weight excluding hydrogens is 230 g/mol. The first-order chi connectivity index (χ1) is 8.72. The molecule has 2 rings (SSSR count). The van der Waals surface area contributed by atoms with Gasteiger partial charge in [-0.2, -0.15) is 0 Å². The van der Waals surface area contributed by atoms with Crippen molar-refractivity contribution in [3.05, 3.63) is 11.8 Å². The molecule has 0 amide bonds. The van der Waals surface area contributed by atoms with Crippen molar-refractivity contribution in [2.24, 2.45) is 5.73 Å². The van der Waals surface area contributed by atoms with E-state index in [2.05, 4.69) is 10.2 Å². The summed E-state index contributed by atoms with van der Waals surface area (Å²) in [5, 5.41) is 7.83. The molecule has 0 saturated heterocycles. The van der Waals surface area contributed by atoms with E-state index in [1.54, 1.807) is 0 Å². The van der Waals surface area contributed by atoms with Gasteiger partial charge in [-0.15, -0.1) is 10.2 Å². The summed E-state index contributed by atoms with van der Waals surface area (Å²) in [6.07, 6.45) is 7.87. The Kier molecular flexibility index (Phi) is 4.72. The molecule has 1 heterocycles. The van der Waals surface area contributed by atoms with Gasteiger partial charge in [-0.3, -0.25) is 0 Å². The zero-order valence-electron chi connectivity index (χ0n) is 11.2. The van der Waals surface area contributed by atoms with E-state index in [-0.39, 0.29) is 5.54 Å². The average Bonchev–Trinajstić information content (AvgIpc) is 2.71. The highest BCUT2D eigenvalue weighted by Crippen LogP contribution is 2.25. The van der Waals surface area contributed by atoms with Crippen LogP contribution >= 0.6 is 0 Å². The molecule has 1 fully saturated rings. The van der Waals surface area contributed by atoms with Crippen LogP contribution in [0.15, 0.2) is 4.42 Å². The summed E-state index contributed by atoms with van der Waals surface area (Å²) in [4.78, 5) is 0. The summed E-state index contributed by atoms with van der Waals surface area (Å²) in [5.41, 5.74) is 6.20. The second-order valence-electron chi connectivity index (χ2n) is 5.21. The van der Waals surface area contributed by atoms with Crippen LogP contribution in [-0.2, 0) is 17.8 Å². The molecule has 5 heteroatoms. The molecule has 1 saturated carbocycles. The zero-order chi connectivity index (χ0) is 12.8. The van der Waals surface area contributed by atoms with Gasteiger partial charge in [0.15, 0.2) is 0 Å². The van der Waals surface area contributed by atoms with Crippen LogP contribution in [0.1, 0.15) is 57.2 Å². The van der Waals surface area contributed by atoms with E-state index in [4.69, 9.17) is 14.9 Å². The van der Waals surface area contributed by atoms with Crippen LogP contribution in [0, 0.1) is 0 Å². The van der Waals surface area contributed by atoms with E-state index < -0.39 is 0 Å². The molecule has 5 nitrogen and oxygen atoms in total. The summed E-state index contributed by atoms with van der Waals surface area (Å²) in [7, 11) is 0. The normalized spacial score (nSPS) is 19.7. The second-order valence-corrected chi connectivity index (χ2v) is 5.21. The van der Waals surface area contributed by atoms with Gasteiger partial charge in [0.25, 0.3) is 0 Å². The number of nitrogens with zero attached hydrogens (tertiary/aromatic N) is 2. The largest absolute Gasteiger partial charge is 0.423 e. The van der Waals surface area contributed by atoms with Crippen LogP contribution < -0.4 is 5.73 Å². The summed E-state index contributed by atoms with van der Waals surface area (Å²) >= 11 is 0. The molecule has 0 bridgehead atoms. The predicted molar refractivity (Wildman–Crippen MR) is 68.0 cm³/mol. The number of rotatable bonds is 5. The van der Waals surface area contributed by atoms with Crippen LogP contribution in [0.2, 0.25) is 0 Å². The Morgan fingerprint density at radius 2 is 1.83 bits per heavy atom. The minimum atomic E-state index is -0.163. The van der Waals surface area contributed by atoms with Gasteiger partial charge in [0.1, 0.15) is 6.61 Å². The lowest BCUT2D eigenvalue weighted by molar-refractivity contribution is 0.0540. The van der Waals surface area contributed by atoms with E-state index in [0.29, 0.717) is 25.0 Å². The Labute approximate surface area is 108 Å². The number of nitrogens with two attached hydrogens (primary N) is 1. The van der Waals surface area contributed by atoms with Gasteiger partial charge in [0, 0.05) is 12.0 Å². The number of hydrogen-bond acceptors (Lipinski definition) is 5. The maximum Gasteiger partial charge on any atom is 0.242 e. The topological polar surface area (TPSA) is 74.2 Å². The van der Waals surface area contributed by atoms with Crippen molar-refractivity contribution < 1.29 is 9.15 Å². The van der Waals surface area contributed by atoms with Gasteiger partial charge < -0.3 is 14.9 Å². The Bertz CT molecular complexity index is 357. The van der Waals surface area contributed by atoms with Crippen molar-refractivity contribution in [3.63, 3.8) is 0 Å². The van der Waals surface area contributed by atoms with Gasteiger partial charge >= 0.3 is 0 Å². The van der Waals surface area contributed by atoms with Gasteiger partial charge in [-0.25, -0.2) is 0 Å². The maximum atomic E-state index is 6.36. The quantitative estimate of drug-likeness (QED) is 0.814. The summed E-state index contributed by atoms with van der Waals surface area (Å²) in [6, 6.07) is 0. The third kappa shape index (κ3) is 3.78. The molecule has 0 atom stereocenters. The minimum absolute atomic E-state index is 0.163. The molecule has 1 aliphatic rings. The van der Waals surface area contributed by atoms with Gasteiger partial charge in [0.05, 0.1) is 6.61 Å². The fourth-order valence-electron chi connectivity index (χ4n) is 2.41. The van der Waals surface area contributed by atoms with Crippen LogP contribution in [-0.4, -0.2) is 22.3 Å². The van der Waals surface area contributed by atoms with Crippen molar-refractivity contribution in [2.75, 3.05) is 6.61 Å². The molecule has 0 aliphatic heterocycles. The van der Waals surface area contributed by atoms with Gasteiger partial charge in [-0.1, -0.05) is 32.6 Å². The molecule has 1 aromatic heterocycles. The molecule has 1 aromatic rings. The summed E-state index contributed by atoms with van der Waals surface area (Å²) in [6.45, 7) is 2.93. The third-order valence-electron chi connectivity index (χ3n) is 3.53. The average molecular weight is 253 g/mol. The summed E-state index contributed by atoms with van der Waals surface area (Å²) in [5.74, 6) is 1.20. The first-order valence-corrected chi connectivity index (χ1v) is 6.90. The highest BCUT2D eigenvalue weighted by molar-refractivity contribution is 4.86. The number of aryl methyl sites for hydroxylation is 1. The molecule has 0 unspecified atom stereocenters. The van der Waals surface area contributed by atoms with E-state index in [1.165, 1.54) is 25.7 Å². The molecular formula is C13H23N3O2. The zero-order valence-corrected chi connectivity index (χ0v) is 11.2. The lowest BCUT2D eigenvalue weighted by atomic mass is 9.93. The molecule has 102 valence electrons. The van der Waals surface area contributed by atoms with Gasteiger partial charge in [0.2, 0.25) is 11.8 Å². The van der Waals surface area contributed by atoms with Crippen LogP contribution in [0.25, 0.3) is 0 Å². The minimum Gasteiger partial charge on any atom is -0.423 e. The van der Waals surface area contributed by atoms with Crippen LogP contribution in [0.3, 0.4) is 0 Å². The number of hydrogen-bond donors (Lipinski definition) is 1. The fraction of sp³-hybridized carbons (Fsp3) is 0.846. The first-order valence-electron chi connectivity index (χ1n) is 6.90. The Hall–Kier alpha value is -0.940. The molecule has 1 aliphatic carbocycles. The van der Waals surface area contributed by atoms with Crippen molar-refractivity contribution in [1.82, 2.24) is 10.2 Å². The highest BCUT2D eigenvalue weighted by atomic mass is 16.5. The molecule has 0 radical (unpaired) electrons. The van der Waals surface area contributed by atoms with E-state index >= 15 is 0 Å². The van der Waals surface area contributed by atoms with E-state index in [0.717, 1.165) is 19.3 Å². The van der Waals surface area contributed by atoms with Crippen molar-refractivity contribution in [1.29, 1.82) is 0 Å². The fourth-order valence-corrected chi connectivity index (χ4v) is 2.41. The van der Waals surface area contributed by atoms with E-state index in [9.17, 15) is 0 Å².